The van der Waals surface area contributed by atoms with Crippen LogP contribution in [0.4, 0.5) is 10.1 Å². The van der Waals surface area contributed by atoms with Crippen LogP contribution in [-0.2, 0) is 11.3 Å². The standard InChI is InChI=1S/C26H23FN2O3/c1-16-13-24(32-3)17(2)12-22(16)28-25(30)15-29-14-20(18-8-5-7-11-23(18)29)26(31)19-9-4-6-10-21(19)27/h4-14H,15H2,1-3H3,(H,28,30). The molecule has 1 N–H and O–H groups in total. The smallest absolute Gasteiger partial charge is 0.244 e. The van der Waals surface area contributed by atoms with E-state index in [-0.39, 0.29) is 18.0 Å². The predicted molar refractivity (Wildman–Crippen MR) is 123 cm³/mol. The highest BCUT2D eigenvalue weighted by molar-refractivity contribution is 6.16. The number of ether oxygens (including phenoxy) is 1. The van der Waals surface area contributed by atoms with Crippen LogP contribution < -0.4 is 10.1 Å². The predicted octanol–water partition coefficient (Wildman–Crippen LogP) is 5.28. The molecule has 0 atom stereocenters. The normalized spacial score (nSPS) is 10.9. The topological polar surface area (TPSA) is 60.3 Å². The minimum atomic E-state index is -0.572. The van der Waals surface area contributed by atoms with Crippen LogP contribution in [0.5, 0.6) is 5.75 Å². The summed E-state index contributed by atoms with van der Waals surface area (Å²) in [5.74, 6) is -0.464. The van der Waals surface area contributed by atoms with E-state index in [0.29, 0.717) is 16.6 Å². The number of rotatable bonds is 6. The minimum Gasteiger partial charge on any atom is -0.496 e. The fraction of sp³-hybridized carbons (Fsp3) is 0.154. The Morgan fingerprint density at radius 2 is 1.69 bits per heavy atom. The lowest BCUT2D eigenvalue weighted by atomic mass is 10.0. The highest BCUT2D eigenvalue weighted by Crippen LogP contribution is 2.27. The molecule has 162 valence electrons. The molecule has 0 aliphatic rings. The fourth-order valence-corrected chi connectivity index (χ4v) is 3.84. The number of carbonyl (C=O) groups is 2. The van der Waals surface area contributed by atoms with E-state index >= 15 is 0 Å². The van der Waals surface area contributed by atoms with E-state index in [1.54, 1.807) is 36.1 Å². The third kappa shape index (κ3) is 3.99. The Bertz CT molecular complexity index is 1340. The van der Waals surface area contributed by atoms with Gasteiger partial charge in [-0.25, -0.2) is 4.39 Å². The lowest BCUT2D eigenvalue weighted by molar-refractivity contribution is -0.116. The van der Waals surface area contributed by atoms with Gasteiger partial charge in [-0.05, 0) is 55.3 Å². The largest absolute Gasteiger partial charge is 0.496 e. The van der Waals surface area contributed by atoms with Crippen LogP contribution in [0, 0.1) is 19.7 Å². The molecule has 0 saturated heterocycles. The number of nitrogens with one attached hydrogen (secondary N) is 1. The number of aromatic nitrogens is 1. The Labute approximate surface area is 185 Å². The monoisotopic (exact) mass is 430 g/mol. The van der Waals surface area contributed by atoms with Gasteiger partial charge in [0.15, 0.2) is 5.78 Å². The van der Waals surface area contributed by atoms with Crippen molar-refractivity contribution in [2.24, 2.45) is 0 Å². The number of ketones is 1. The second kappa shape index (κ2) is 8.67. The molecule has 0 saturated carbocycles. The summed E-state index contributed by atoms with van der Waals surface area (Å²) in [6.45, 7) is 3.82. The highest BCUT2D eigenvalue weighted by Gasteiger charge is 2.20. The Hall–Kier alpha value is -3.93. The summed E-state index contributed by atoms with van der Waals surface area (Å²) in [5, 5.41) is 3.61. The number of fused-ring (bicyclic) bond motifs is 1. The van der Waals surface area contributed by atoms with E-state index in [4.69, 9.17) is 4.74 Å². The van der Waals surface area contributed by atoms with Crippen molar-refractivity contribution in [2.75, 3.05) is 12.4 Å². The Balaban J connectivity index is 1.65. The molecular formula is C26H23FN2O3. The molecule has 1 amide bonds. The summed E-state index contributed by atoms with van der Waals surface area (Å²) in [6.07, 6.45) is 1.62. The number of aryl methyl sites for hydroxylation is 2. The van der Waals surface area contributed by atoms with Gasteiger partial charge in [0.1, 0.15) is 18.1 Å². The van der Waals surface area contributed by atoms with Gasteiger partial charge in [-0.3, -0.25) is 9.59 Å². The number of carbonyl (C=O) groups excluding carboxylic acids is 2. The molecule has 4 rings (SSSR count). The van der Waals surface area contributed by atoms with Crippen molar-refractivity contribution in [2.45, 2.75) is 20.4 Å². The van der Waals surface area contributed by atoms with Crippen LogP contribution in [0.2, 0.25) is 0 Å². The number of amides is 1. The lowest BCUT2D eigenvalue weighted by Crippen LogP contribution is -2.19. The molecule has 6 heteroatoms. The van der Waals surface area contributed by atoms with Crippen molar-refractivity contribution in [3.05, 3.63) is 94.9 Å². The molecule has 5 nitrogen and oxygen atoms in total. The first-order chi connectivity index (χ1) is 15.4. The van der Waals surface area contributed by atoms with E-state index < -0.39 is 11.6 Å². The van der Waals surface area contributed by atoms with Crippen molar-refractivity contribution in [3.63, 3.8) is 0 Å². The minimum absolute atomic E-state index is 0.00388. The molecular weight excluding hydrogens is 407 g/mol. The average molecular weight is 430 g/mol. The average Bonchev–Trinajstić information content (AvgIpc) is 3.14. The van der Waals surface area contributed by atoms with Gasteiger partial charge in [0, 0.05) is 28.4 Å². The summed E-state index contributed by atoms with van der Waals surface area (Å²) >= 11 is 0. The molecule has 32 heavy (non-hydrogen) atoms. The maximum absolute atomic E-state index is 14.2. The summed E-state index contributed by atoms with van der Waals surface area (Å²) in [7, 11) is 1.61. The number of benzene rings is 3. The maximum atomic E-state index is 14.2. The number of hydrogen-bond acceptors (Lipinski definition) is 3. The molecule has 1 aromatic heterocycles. The number of methoxy groups -OCH3 is 1. The molecule has 3 aromatic carbocycles. The van der Waals surface area contributed by atoms with Gasteiger partial charge in [-0.15, -0.1) is 0 Å². The van der Waals surface area contributed by atoms with E-state index in [0.717, 1.165) is 22.4 Å². The van der Waals surface area contributed by atoms with E-state index in [9.17, 15) is 14.0 Å². The highest BCUT2D eigenvalue weighted by atomic mass is 19.1. The molecule has 0 radical (unpaired) electrons. The molecule has 0 bridgehead atoms. The van der Waals surface area contributed by atoms with Crippen LogP contribution in [0.25, 0.3) is 10.9 Å². The zero-order valence-corrected chi connectivity index (χ0v) is 18.1. The van der Waals surface area contributed by atoms with Crippen LogP contribution in [0.1, 0.15) is 27.0 Å². The van der Waals surface area contributed by atoms with E-state index in [1.165, 1.54) is 12.1 Å². The zero-order valence-electron chi connectivity index (χ0n) is 18.1. The van der Waals surface area contributed by atoms with Crippen LogP contribution in [0.15, 0.2) is 66.9 Å². The SMILES string of the molecule is COc1cc(C)c(NC(=O)Cn2cc(C(=O)c3ccccc3F)c3ccccc32)cc1C. The summed E-state index contributed by atoms with van der Waals surface area (Å²) in [6, 6.07) is 16.9. The van der Waals surface area contributed by atoms with Gasteiger partial charge >= 0.3 is 0 Å². The van der Waals surface area contributed by atoms with Crippen LogP contribution >= 0.6 is 0 Å². The van der Waals surface area contributed by atoms with Crippen molar-refractivity contribution in [1.29, 1.82) is 0 Å². The molecule has 0 unspecified atom stereocenters. The third-order valence-electron chi connectivity index (χ3n) is 5.48. The molecule has 0 fully saturated rings. The number of hydrogen-bond donors (Lipinski definition) is 1. The van der Waals surface area contributed by atoms with Gasteiger partial charge in [0.05, 0.1) is 12.7 Å². The summed E-state index contributed by atoms with van der Waals surface area (Å²) < 4.78 is 21.2. The Morgan fingerprint density at radius 1 is 0.969 bits per heavy atom. The number of anilines is 1. The van der Waals surface area contributed by atoms with Gasteiger partial charge in [0.2, 0.25) is 5.91 Å². The number of nitrogens with zero attached hydrogens (tertiary/aromatic N) is 1. The summed E-state index contributed by atoms with van der Waals surface area (Å²) in [5.41, 5.74) is 3.59. The second-order valence-electron chi connectivity index (χ2n) is 7.68. The van der Waals surface area contributed by atoms with Crippen molar-refractivity contribution in [1.82, 2.24) is 4.57 Å². The van der Waals surface area contributed by atoms with Gasteiger partial charge < -0.3 is 14.6 Å². The third-order valence-corrected chi connectivity index (χ3v) is 5.48. The second-order valence-corrected chi connectivity index (χ2v) is 7.68. The quantitative estimate of drug-likeness (QED) is 0.424. The molecule has 0 aliphatic carbocycles. The van der Waals surface area contributed by atoms with Crippen molar-refractivity contribution >= 4 is 28.3 Å². The molecule has 4 aromatic rings. The fourth-order valence-electron chi connectivity index (χ4n) is 3.84. The first kappa shape index (κ1) is 21.3. The lowest BCUT2D eigenvalue weighted by Gasteiger charge is -2.13. The maximum Gasteiger partial charge on any atom is 0.244 e. The van der Waals surface area contributed by atoms with Gasteiger partial charge in [-0.1, -0.05) is 30.3 Å². The number of para-hydroxylation sites is 1. The zero-order chi connectivity index (χ0) is 22.8. The van der Waals surface area contributed by atoms with E-state index in [1.807, 2.05) is 44.2 Å². The molecule has 0 spiro atoms. The van der Waals surface area contributed by atoms with Gasteiger partial charge in [-0.2, -0.15) is 0 Å². The van der Waals surface area contributed by atoms with Gasteiger partial charge in [0.25, 0.3) is 0 Å². The Kier molecular flexibility index (Phi) is 5.77. The first-order valence-electron chi connectivity index (χ1n) is 10.2. The van der Waals surface area contributed by atoms with Crippen LogP contribution in [-0.4, -0.2) is 23.4 Å². The van der Waals surface area contributed by atoms with E-state index in [2.05, 4.69) is 5.32 Å². The Morgan fingerprint density at radius 3 is 2.44 bits per heavy atom. The van der Waals surface area contributed by atoms with Crippen molar-refractivity contribution in [3.8, 4) is 5.75 Å². The van der Waals surface area contributed by atoms with Crippen molar-refractivity contribution < 1.29 is 18.7 Å². The molecule has 0 aliphatic heterocycles. The van der Waals surface area contributed by atoms with Crippen LogP contribution in [0.3, 0.4) is 0 Å². The first-order valence-corrected chi connectivity index (χ1v) is 10.2. The summed E-state index contributed by atoms with van der Waals surface area (Å²) in [4.78, 5) is 25.9. The molecule has 1 heterocycles. The number of halogens is 1.